The summed E-state index contributed by atoms with van der Waals surface area (Å²) in [5.74, 6) is -1.04. The number of amides is 2. The maximum Gasteiger partial charge on any atom is 0.334 e. The van der Waals surface area contributed by atoms with Crippen LogP contribution in [0.4, 0.5) is 4.79 Å². The SMILES string of the molecule is COC1(CNC(=O)N2CCOC(C(=O)O)C2)CCC1. The zero-order chi connectivity index (χ0) is 13.9. The van der Waals surface area contributed by atoms with Crippen LogP contribution in [0.3, 0.4) is 0 Å². The second-order valence-electron chi connectivity index (χ2n) is 5.04. The van der Waals surface area contributed by atoms with Crippen molar-refractivity contribution in [2.45, 2.75) is 31.0 Å². The van der Waals surface area contributed by atoms with Gasteiger partial charge in [0, 0.05) is 20.2 Å². The van der Waals surface area contributed by atoms with E-state index in [2.05, 4.69) is 5.32 Å². The average molecular weight is 272 g/mol. The van der Waals surface area contributed by atoms with E-state index in [1.165, 1.54) is 4.90 Å². The quantitative estimate of drug-likeness (QED) is 0.755. The molecule has 7 heteroatoms. The molecule has 1 saturated carbocycles. The van der Waals surface area contributed by atoms with Crippen LogP contribution in [0.5, 0.6) is 0 Å². The number of carboxylic acid groups (broad SMARTS) is 1. The maximum atomic E-state index is 12.0. The van der Waals surface area contributed by atoms with Gasteiger partial charge in [-0.15, -0.1) is 0 Å². The van der Waals surface area contributed by atoms with Gasteiger partial charge in [-0.1, -0.05) is 0 Å². The largest absolute Gasteiger partial charge is 0.479 e. The fourth-order valence-corrected chi connectivity index (χ4v) is 2.36. The minimum absolute atomic E-state index is 0.0845. The Bertz CT molecular complexity index is 351. The first-order chi connectivity index (χ1) is 9.06. The van der Waals surface area contributed by atoms with Gasteiger partial charge in [-0.25, -0.2) is 9.59 Å². The number of morpholine rings is 1. The summed E-state index contributed by atoms with van der Waals surface area (Å²) < 4.78 is 10.5. The first-order valence-electron chi connectivity index (χ1n) is 6.49. The number of carboxylic acids is 1. The molecular formula is C12H20N2O5. The van der Waals surface area contributed by atoms with Crippen LogP contribution in [0.25, 0.3) is 0 Å². The van der Waals surface area contributed by atoms with E-state index in [1.807, 2.05) is 0 Å². The van der Waals surface area contributed by atoms with Crippen molar-refractivity contribution in [3.05, 3.63) is 0 Å². The van der Waals surface area contributed by atoms with E-state index in [-0.39, 0.29) is 24.8 Å². The van der Waals surface area contributed by atoms with Crippen LogP contribution in [0.15, 0.2) is 0 Å². The highest BCUT2D eigenvalue weighted by molar-refractivity contribution is 5.77. The van der Waals surface area contributed by atoms with Gasteiger partial charge in [0.15, 0.2) is 6.10 Å². The van der Waals surface area contributed by atoms with Crippen LogP contribution < -0.4 is 5.32 Å². The van der Waals surface area contributed by atoms with Crippen LogP contribution >= 0.6 is 0 Å². The van der Waals surface area contributed by atoms with E-state index in [4.69, 9.17) is 14.6 Å². The minimum Gasteiger partial charge on any atom is -0.479 e. The molecule has 0 aromatic carbocycles. The minimum atomic E-state index is -1.04. The van der Waals surface area contributed by atoms with Crippen molar-refractivity contribution in [1.29, 1.82) is 0 Å². The molecule has 2 N–H and O–H groups in total. The standard InChI is InChI=1S/C12H20N2O5/c1-18-12(3-2-4-12)8-13-11(17)14-5-6-19-9(7-14)10(15)16/h9H,2-8H2,1H3,(H,13,17)(H,15,16). The summed E-state index contributed by atoms with van der Waals surface area (Å²) >= 11 is 0. The summed E-state index contributed by atoms with van der Waals surface area (Å²) in [5, 5.41) is 11.7. The Hall–Kier alpha value is -1.34. The summed E-state index contributed by atoms with van der Waals surface area (Å²) in [5.41, 5.74) is -0.228. The molecule has 1 saturated heterocycles. The summed E-state index contributed by atoms with van der Waals surface area (Å²) in [6, 6.07) is -0.252. The topological polar surface area (TPSA) is 88.1 Å². The van der Waals surface area contributed by atoms with Crippen molar-refractivity contribution >= 4 is 12.0 Å². The Morgan fingerprint density at radius 2 is 2.26 bits per heavy atom. The molecule has 0 aromatic heterocycles. The molecule has 2 fully saturated rings. The van der Waals surface area contributed by atoms with Crippen molar-refractivity contribution in [3.63, 3.8) is 0 Å². The number of methoxy groups -OCH3 is 1. The lowest BCUT2D eigenvalue weighted by molar-refractivity contribution is -0.154. The van der Waals surface area contributed by atoms with E-state index < -0.39 is 12.1 Å². The second-order valence-corrected chi connectivity index (χ2v) is 5.04. The third-order valence-electron chi connectivity index (χ3n) is 3.89. The van der Waals surface area contributed by atoms with Crippen molar-refractivity contribution in [3.8, 4) is 0 Å². The molecule has 1 atom stereocenters. The van der Waals surface area contributed by atoms with Crippen molar-refractivity contribution in [2.24, 2.45) is 0 Å². The molecule has 1 aliphatic heterocycles. The van der Waals surface area contributed by atoms with Crippen molar-refractivity contribution < 1.29 is 24.2 Å². The average Bonchev–Trinajstić information content (AvgIpc) is 2.38. The molecule has 1 unspecified atom stereocenters. The van der Waals surface area contributed by atoms with E-state index >= 15 is 0 Å². The summed E-state index contributed by atoms with van der Waals surface area (Å²) in [6.45, 7) is 1.22. The summed E-state index contributed by atoms with van der Waals surface area (Å²) in [7, 11) is 1.65. The zero-order valence-electron chi connectivity index (χ0n) is 11.1. The van der Waals surface area contributed by atoms with Crippen LogP contribution in [-0.2, 0) is 14.3 Å². The third-order valence-corrected chi connectivity index (χ3v) is 3.89. The third kappa shape index (κ3) is 3.16. The first-order valence-corrected chi connectivity index (χ1v) is 6.49. The highest BCUT2D eigenvalue weighted by Crippen LogP contribution is 2.34. The fraction of sp³-hybridized carbons (Fsp3) is 0.833. The van der Waals surface area contributed by atoms with Crippen LogP contribution in [-0.4, -0.2) is 67.1 Å². The number of carbonyl (C=O) groups is 2. The molecule has 2 amide bonds. The molecule has 1 aliphatic carbocycles. The molecule has 19 heavy (non-hydrogen) atoms. The molecule has 0 aromatic rings. The first kappa shape index (κ1) is 14.1. The molecular weight excluding hydrogens is 252 g/mol. The molecule has 1 heterocycles. The predicted octanol–water partition coefficient (Wildman–Crippen LogP) is 0.0505. The van der Waals surface area contributed by atoms with Gasteiger partial charge in [0.25, 0.3) is 0 Å². The molecule has 2 aliphatic rings. The predicted molar refractivity (Wildman–Crippen MR) is 65.9 cm³/mol. The molecule has 108 valence electrons. The highest BCUT2D eigenvalue weighted by atomic mass is 16.5. The second kappa shape index (κ2) is 5.75. The van der Waals surface area contributed by atoms with Gasteiger partial charge in [0.2, 0.25) is 0 Å². The van der Waals surface area contributed by atoms with Gasteiger partial charge >= 0.3 is 12.0 Å². The lowest BCUT2D eigenvalue weighted by Gasteiger charge is -2.41. The normalized spacial score (nSPS) is 25.5. The summed E-state index contributed by atoms with van der Waals surface area (Å²) in [4.78, 5) is 24.3. The number of ether oxygens (including phenoxy) is 2. The maximum absolute atomic E-state index is 12.0. The van der Waals surface area contributed by atoms with Gasteiger partial charge in [-0.2, -0.15) is 0 Å². The van der Waals surface area contributed by atoms with E-state index in [0.717, 1.165) is 19.3 Å². The molecule has 0 bridgehead atoms. The van der Waals surface area contributed by atoms with Gasteiger partial charge < -0.3 is 24.8 Å². The van der Waals surface area contributed by atoms with Crippen LogP contribution in [0.2, 0.25) is 0 Å². The number of carbonyl (C=O) groups excluding carboxylic acids is 1. The van der Waals surface area contributed by atoms with E-state index in [1.54, 1.807) is 7.11 Å². The number of rotatable bonds is 4. The monoisotopic (exact) mass is 272 g/mol. The molecule has 2 rings (SSSR count). The zero-order valence-corrected chi connectivity index (χ0v) is 11.1. The summed E-state index contributed by atoms with van der Waals surface area (Å²) in [6.07, 6.45) is 2.08. The highest BCUT2D eigenvalue weighted by Gasteiger charge is 2.38. The number of hydrogen-bond acceptors (Lipinski definition) is 4. The number of nitrogens with one attached hydrogen (secondary N) is 1. The smallest absolute Gasteiger partial charge is 0.334 e. The Labute approximate surface area is 111 Å². The number of hydrogen-bond donors (Lipinski definition) is 2. The van der Waals surface area contributed by atoms with Gasteiger partial charge in [-0.05, 0) is 19.3 Å². The molecule has 7 nitrogen and oxygen atoms in total. The van der Waals surface area contributed by atoms with E-state index in [0.29, 0.717) is 13.1 Å². The number of aliphatic carboxylic acids is 1. The van der Waals surface area contributed by atoms with Gasteiger partial charge in [-0.3, -0.25) is 0 Å². The Balaban J connectivity index is 1.81. The molecule has 0 spiro atoms. The van der Waals surface area contributed by atoms with E-state index in [9.17, 15) is 9.59 Å². The lowest BCUT2D eigenvalue weighted by Crippen LogP contribution is -2.55. The van der Waals surface area contributed by atoms with Gasteiger partial charge in [0.05, 0.1) is 18.8 Å². The Morgan fingerprint density at radius 1 is 1.53 bits per heavy atom. The number of urea groups is 1. The van der Waals surface area contributed by atoms with Gasteiger partial charge in [0.1, 0.15) is 0 Å². The van der Waals surface area contributed by atoms with Crippen molar-refractivity contribution in [2.75, 3.05) is 33.4 Å². The van der Waals surface area contributed by atoms with Crippen LogP contribution in [0, 0.1) is 0 Å². The lowest BCUT2D eigenvalue weighted by atomic mass is 9.80. The Kier molecular flexibility index (Phi) is 4.26. The Morgan fingerprint density at radius 3 is 2.79 bits per heavy atom. The fourth-order valence-electron chi connectivity index (χ4n) is 2.36. The molecule has 0 radical (unpaired) electrons. The van der Waals surface area contributed by atoms with Crippen molar-refractivity contribution in [1.82, 2.24) is 10.2 Å². The number of nitrogens with zero attached hydrogens (tertiary/aromatic N) is 1. The van der Waals surface area contributed by atoms with Crippen LogP contribution in [0.1, 0.15) is 19.3 Å².